The molecule has 0 saturated heterocycles. The monoisotopic (exact) mass is 646 g/mol. The van der Waals surface area contributed by atoms with Gasteiger partial charge in [0, 0.05) is 12.1 Å². The third-order valence-corrected chi connectivity index (χ3v) is 7.71. The van der Waals surface area contributed by atoms with E-state index in [-0.39, 0.29) is 46.7 Å². The van der Waals surface area contributed by atoms with Crippen molar-refractivity contribution >= 4 is 45.3 Å². The molecule has 0 spiro atoms. The van der Waals surface area contributed by atoms with Crippen molar-refractivity contribution in [2.24, 2.45) is 10.2 Å². The average Bonchev–Trinajstić information content (AvgIpc) is 3.07. The van der Waals surface area contributed by atoms with E-state index in [1.807, 2.05) is 38.1 Å². The molecule has 2 heterocycles. The molecule has 0 saturated carbocycles. The zero-order chi connectivity index (χ0) is 33.9. The van der Waals surface area contributed by atoms with Crippen LogP contribution in [0.1, 0.15) is 43.4 Å². The maximum Gasteiger partial charge on any atom is 0.371 e. The van der Waals surface area contributed by atoms with E-state index in [2.05, 4.69) is 10.2 Å². The molecule has 0 amide bonds. The first-order valence-corrected chi connectivity index (χ1v) is 14.5. The summed E-state index contributed by atoms with van der Waals surface area (Å²) in [5, 5.41) is 27.4. The van der Waals surface area contributed by atoms with E-state index in [1.54, 1.807) is 36.4 Å². The van der Waals surface area contributed by atoms with Crippen LogP contribution in [-0.2, 0) is 13.2 Å². The van der Waals surface area contributed by atoms with Crippen LogP contribution in [0.2, 0.25) is 0 Å². The van der Waals surface area contributed by atoms with Crippen LogP contribution >= 0.6 is 0 Å². The molecule has 0 unspecified atom stereocenters. The van der Waals surface area contributed by atoms with Crippen LogP contribution in [0.15, 0.2) is 114 Å². The first-order chi connectivity index (χ1) is 23.1. The number of azo groups is 1. The molecule has 12 heteroatoms. The lowest BCUT2D eigenvalue weighted by atomic mass is 10.0. The second-order valence-electron chi connectivity index (χ2n) is 10.8. The van der Waals surface area contributed by atoms with Gasteiger partial charge in [0.05, 0.1) is 11.4 Å². The second kappa shape index (κ2) is 13.0. The molecule has 0 aliphatic carbocycles. The fourth-order valence-corrected chi connectivity index (χ4v) is 5.02. The SMILES string of the molecule is Cc1c(COc2cccc3oc(C(=O)O)cc(=O)c23)ccc(/N=N/c2ccc(COc3cccc4oc(C(=O)O)cc(=O)c34)cc2)c1C. The Bertz CT molecular complexity index is 2370. The van der Waals surface area contributed by atoms with Crippen LogP contribution in [-0.4, -0.2) is 22.2 Å². The molecule has 0 aliphatic heterocycles. The molecule has 0 bridgehead atoms. The molecule has 12 nitrogen and oxygen atoms in total. The van der Waals surface area contributed by atoms with Crippen LogP contribution in [0.4, 0.5) is 11.4 Å². The highest BCUT2D eigenvalue weighted by molar-refractivity contribution is 5.90. The minimum atomic E-state index is -1.33. The van der Waals surface area contributed by atoms with Crippen LogP contribution < -0.4 is 20.3 Å². The molecule has 0 fully saturated rings. The molecular weight excluding hydrogens is 620 g/mol. The summed E-state index contributed by atoms with van der Waals surface area (Å²) in [6, 6.07) is 22.3. The molecule has 2 N–H and O–H groups in total. The molecule has 6 rings (SSSR count). The second-order valence-corrected chi connectivity index (χ2v) is 10.8. The van der Waals surface area contributed by atoms with Crippen molar-refractivity contribution in [3.63, 3.8) is 0 Å². The van der Waals surface area contributed by atoms with Gasteiger partial charge in [-0.05, 0) is 78.6 Å². The van der Waals surface area contributed by atoms with Gasteiger partial charge in [-0.3, -0.25) is 9.59 Å². The van der Waals surface area contributed by atoms with Crippen LogP contribution in [0.3, 0.4) is 0 Å². The third-order valence-electron chi connectivity index (χ3n) is 7.71. The summed E-state index contributed by atoms with van der Waals surface area (Å²) in [6.45, 7) is 4.15. The quantitative estimate of drug-likeness (QED) is 0.142. The molecule has 48 heavy (non-hydrogen) atoms. The molecule has 4 aromatic carbocycles. The normalized spacial score (nSPS) is 11.3. The Morgan fingerprint density at radius 2 is 1.21 bits per heavy atom. The van der Waals surface area contributed by atoms with Gasteiger partial charge in [0.2, 0.25) is 11.5 Å². The minimum Gasteiger partial charge on any atom is -0.488 e. The molecule has 240 valence electrons. The number of rotatable bonds is 10. The zero-order valence-electron chi connectivity index (χ0n) is 25.6. The van der Waals surface area contributed by atoms with Crippen LogP contribution in [0.25, 0.3) is 21.9 Å². The van der Waals surface area contributed by atoms with Crippen LogP contribution in [0, 0.1) is 13.8 Å². The van der Waals surface area contributed by atoms with Crippen molar-refractivity contribution in [1.29, 1.82) is 0 Å². The molecule has 6 aromatic rings. The average molecular weight is 647 g/mol. The molecule has 0 atom stereocenters. The van der Waals surface area contributed by atoms with Crippen molar-refractivity contribution in [2.75, 3.05) is 0 Å². The molecule has 0 aliphatic rings. The largest absolute Gasteiger partial charge is 0.488 e. The summed E-state index contributed by atoms with van der Waals surface area (Å²) in [5.41, 5.74) is 3.99. The zero-order valence-corrected chi connectivity index (χ0v) is 25.6. The predicted octanol–water partition coefficient (Wildman–Crippen LogP) is 7.49. The van der Waals surface area contributed by atoms with E-state index < -0.39 is 34.3 Å². The molecule has 0 radical (unpaired) electrons. The molecular formula is C36H26N2O10. The minimum absolute atomic E-state index is 0.121. The van der Waals surface area contributed by atoms with Gasteiger partial charge in [-0.15, -0.1) is 0 Å². The summed E-state index contributed by atoms with van der Waals surface area (Å²) in [5.74, 6) is -2.99. The molecule has 2 aromatic heterocycles. The first kappa shape index (κ1) is 31.4. The van der Waals surface area contributed by atoms with Gasteiger partial charge in [-0.2, -0.15) is 10.2 Å². The van der Waals surface area contributed by atoms with Crippen molar-refractivity contribution in [2.45, 2.75) is 27.1 Å². The summed E-state index contributed by atoms with van der Waals surface area (Å²) in [4.78, 5) is 47.6. The standard InChI is InChI=1S/C36H26N2O10/c1-19-20(2)24(14-11-22(19)18-46-28-6-4-8-30-34(28)26(40)16-32(48-30)36(43)44)38-37-23-12-9-21(10-13-23)17-45-27-5-3-7-29-33(27)25(39)15-31(47-29)35(41)42/h3-16H,17-18H2,1-2H3,(H,41,42)(H,43,44)/b38-37+. The lowest BCUT2D eigenvalue weighted by molar-refractivity contribution is 0.0653. The topological polar surface area (TPSA) is 178 Å². The van der Waals surface area contributed by atoms with Gasteiger partial charge in [0.1, 0.15) is 46.7 Å². The lowest BCUT2D eigenvalue weighted by Gasteiger charge is -2.13. The number of hydrogen-bond donors (Lipinski definition) is 2. The number of ether oxygens (including phenoxy) is 2. The van der Waals surface area contributed by atoms with Crippen molar-refractivity contribution < 1.29 is 38.1 Å². The number of benzene rings is 4. The van der Waals surface area contributed by atoms with Gasteiger partial charge in [0.25, 0.3) is 0 Å². The maximum atomic E-state index is 12.6. The van der Waals surface area contributed by atoms with E-state index >= 15 is 0 Å². The number of carboxylic acids is 2. The van der Waals surface area contributed by atoms with Gasteiger partial charge in [0.15, 0.2) is 10.9 Å². The summed E-state index contributed by atoms with van der Waals surface area (Å²) >= 11 is 0. The van der Waals surface area contributed by atoms with Gasteiger partial charge in [-0.25, -0.2) is 9.59 Å². The number of hydrogen-bond acceptors (Lipinski definition) is 10. The summed E-state index contributed by atoms with van der Waals surface area (Å²) in [7, 11) is 0. The third kappa shape index (κ3) is 6.40. The number of carboxylic acid groups (broad SMARTS) is 2. The summed E-state index contributed by atoms with van der Waals surface area (Å²) in [6.07, 6.45) is 0. The highest BCUT2D eigenvalue weighted by Gasteiger charge is 2.16. The highest BCUT2D eigenvalue weighted by Crippen LogP contribution is 2.30. The first-order valence-electron chi connectivity index (χ1n) is 14.5. The van der Waals surface area contributed by atoms with Gasteiger partial charge >= 0.3 is 11.9 Å². The van der Waals surface area contributed by atoms with Crippen molar-refractivity contribution in [1.82, 2.24) is 0 Å². The Balaban J connectivity index is 1.12. The number of aromatic carboxylic acids is 2. The van der Waals surface area contributed by atoms with E-state index in [4.69, 9.17) is 23.4 Å². The Labute approximate surface area is 271 Å². The van der Waals surface area contributed by atoms with E-state index in [9.17, 15) is 24.3 Å². The maximum absolute atomic E-state index is 12.6. The van der Waals surface area contributed by atoms with E-state index in [0.717, 1.165) is 34.4 Å². The van der Waals surface area contributed by atoms with Crippen LogP contribution in [0.5, 0.6) is 11.5 Å². The number of nitrogens with zero attached hydrogens (tertiary/aromatic N) is 2. The smallest absolute Gasteiger partial charge is 0.371 e. The fourth-order valence-electron chi connectivity index (χ4n) is 5.02. The van der Waals surface area contributed by atoms with Crippen molar-refractivity contribution in [3.8, 4) is 11.5 Å². The predicted molar refractivity (Wildman–Crippen MR) is 174 cm³/mol. The van der Waals surface area contributed by atoms with E-state index in [1.165, 1.54) is 12.1 Å². The Kier molecular flexibility index (Phi) is 8.54. The van der Waals surface area contributed by atoms with Gasteiger partial charge < -0.3 is 28.5 Å². The number of fused-ring (bicyclic) bond motifs is 2. The van der Waals surface area contributed by atoms with Gasteiger partial charge in [-0.1, -0.05) is 30.3 Å². The highest BCUT2D eigenvalue weighted by atomic mass is 16.5. The van der Waals surface area contributed by atoms with Crippen molar-refractivity contribution in [3.05, 3.63) is 139 Å². The fraction of sp³-hybridized carbons (Fsp3) is 0.111. The number of carbonyl (C=O) groups is 2. The Morgan fingerprint density at radius 1 is 0.667 bits per heavy atom. The Morgan fingerprint density at radius 3 is 1.75 bits per heavy atom. The lowest BCUT2D eigenvalue weighted by Crippen LogP contribution is -2.08. The summed E-state index contributed by atoms with van der Waals surface area (Å²) < 4.78 is 22.5. The Hall–Kier alpha value is -6.56. The van der Waals surface area contributed by atoms with E-state index in [0.29, 0.717) is 11.4 Å².